The van der Waals surface area contributed by atoms with Crippen LogP contribution in [0.1, 0.15) is 40.5 Å². The molecule has 1 saturated carbocycles. The summed E-state index contributed by atoms with van der Waals surface area (Å²) in [5.41, 5.74) is -0.0833. The van der Waals surface area contributed by atoms with Gasteiger partial charge in [0.05, 0.1) is 17.5 Å². The van der Waals surface area contributed by atoms with Crippen molar-refractivity contribution in [1.82, 2.24) is 5.32 Å². The van der Waals surface area contributed by atoms with Gasteiger partial charge in [-0.2, -0.15) is 0 Å². The van der Waals surface area contributed by atoms with Gasteiger partial charge >= 0.3 is 0 Å². The van der Waals surface area contributed by atoms with Crippen molar-refractivity contribution < 1.29 is 9.53 Å². The highest BCUT2D eigenvalue weighted by atomic mass is 32.2. The van der Waals surface area contributed by atoms with E-state index in [4.69, 9.17) is 4.74 Å². The first-order chi connectivity index (χ1) is 7.38. The third kappa shape index (κ3) is 6.38. The first-order valence-corrected chi connectivity index (χ1v) is 6.99. The van der Waals surface area contributed by atoms with E-state index in [0.717, 1.165) is 18.6 Å². The number of ether oxygens (including phenoxy) is 1. The zero-order valence-electron chi connectivity index (χ0n) is 10.7. The number of hydrogen-bond donors (Lipinski definition) is 1. The molecule has 1 aliphatic carbocycles. The van der Waals surface area contributed by atoms with Gasteiger partial charge in [0, 0.05) is 11.8 Å². The van der Waals surface area contributed by atoms with Gasteiger partial charge in [0.1, 0.15) is 0 Å². The van der Waals surface area contributed by atoms with Crippen LogP contribution < -0.4 is 5.32 Å². The lowest BCUT2D eigenvalue weighted by Gasteiger charge is -2.20. The van der Waals surface area contributed by atoms with Crippen LogP contribution in [0.25, 0.3) is 0 Å². The molecule has 0 aliphatic heterocycles. The molecule has 0 radical (unpaired) electrons. The minimum atomic E-state index is -0.0833. The first-order valence-electron chi connectivity index (χ1n) is 5.94. The predicted octanol–water partition coefficient (Wildman–Crippen LogP) is 2.20. The van der Waals surface area contributed by atoms with Crippen LogP contribution >= 0.6 is 11.8 Å². The average Bonchev–Trinajstić information content (AvgIpc) is 2.94. The number of amides is 1. The van der Waals surface area contributed by atoms with Crippen LogP contribution in [0.3, 0.4) is 0 Å². The quantitative estimate of drug-likeness (QED) is 0.729. The molecule has 1 atom stereocenters. The second-order valence-electron chi connectivity index (χ2n) is 5.26. The van der Waals surface area contributed by atoms with E-state index in [0.29, 0.717) is 12.6 Å². The lowest BCUT2D eigenvalue weighted by molar-refractivity contribution is -0.120. The van der Waals surface area contributed by atoms with Crippen molar-refractivity contribution in [3.8, 4) is 0 Å². The maximum Gasteiger partial charge on any atom is 0.233 e. The minimum absolute atomic E-state index is 0.0316. The van der Waals surface area contributed by atoms with Crippen molar-refractivity contribution in [3.05, 3.63) is 0 Å². The van der Waals surface area contributed by atoms with E-state index in [9.17, 15) is 4.79 Å². The molecule has 94 valence electrons. The molecule has 0 aromatic carbocycles. The van der Waals surface area contributed by atoms with E-state index in [1.807, 2.05) is 27.7 Å². The molecule has 1 rings (SSSR count). The highest BCUT2D eigenvalue weighted by Gasteiger charge is 2.25. The lowest BCUT2D eigenvalue weighted by Crippen LogP contribution is -2.33. The van der Waals surface area contributed by atoms with Crippen molar-refractivity contribution in [2.24, 2.45) is 0 Å². The van der Waals surface area contributed by atoms with Crippen molar-refractivity contribution >= 4 is 17.7 Å². The average molecular weight is 245 g/mol. The van der Waals surface area contributed by atoms with E-state index in [1.54, 1.807) is 11.8 Å². The summed E-state index contributed by atoms with van der Waals surface area (Å²) in [5, 5.41) is 3.04. The summed E-state index contributed by atoms with van der Waals surface area (Å²) in [6.45, 7) is 8.79. The van der Waals surface area contributed by atoms with Gasteiger partial charge in [-0.1, -0.05) is 0 Å². The molecule has 0 aromatic heterocycles. The van der Waals surface area contributed by atoms with Gasteiger partial charge in [-0.15, -0.1) is 11.8 Å². The van der Waals surface area contributed by atoms with Crippen LogP contribution in [0, 0.1) is 0 Å². The molecule has 0 heterocycles. The van der Waals surface area contributed by atoms with Crippen molar-refractivity contribution in [2.75, 3.05) is 12.4 Å². The summed E-state index contributed by atoms with van der Waals surface area (Å²) < 4.78 is 5.60. The Morgan fingerprint density at radius 2 is 2.12 bits per heavy atom. The molecular weight excluding hydrogens is 222 g/mol. The molecule has 0 aromatic rings. The fourth-order valence-electron chi connectivity index (χ4n) is 1.19. The number of carbonyl (C=O) groups is 1. The fraction of sp³-hybridized carbons (Fsp3) is 0.917. The molecule has 0 unspecified atom stereocenters. The van der Waals surface area contributed by atoms with Crippen LogP contribution in [-0.4, -0.2) is 35.2 Å². The standard InChI is InChI=1S/C12H23NO2S/c1-9(11(14)13-10-5-6-10)16-8-7-15-12(2,3)4/h9-10H,5-8H2,1-4H3,(H,13,14)/t9-/m1/s1. The fourth-order valence-corrected chi connectivity index (χ4v) is 1.95. The third-order valence-electron chi connectivity index (χ3n) is 2.28. The maximum absolute atomic E-state index is 11.6. The molecule has 0 bridgehead atoms. The Morgan fingerprint density at radius 3 is 2.62 bits per heavy atom. The second kappa shape index (κ2) is 5.92. The molecular formula is C12H23NO2S. The van der Waals surface area contributed by atoms with E-state index >= 15 is 0 Å². The van der Waals surface area contributed by atoms with Gasteiger partial charge in [-0.05, 0) is 40.5 Å². The van der Waals surface area contributed by atoms with Gasteiger partial charge in [0.25, 0.3) is 0 Å². The number of hydrogen-bond acceptors (Lipinski definition) is 3. The summed E-state index contributed by atoms with van der Waals surface area (Å²) in [5.74, 6) is 1.04. The second-order valence-corrected chi connectivity index (χ2v) is 6.71. The zero-order valence-corrected chi connectivity index (χ0v) is 11.5. The molecule has 0 saturated heterocycles. The van der Waals surface area contributed by atoms with E-state index < -0.39 is 0 Å². The number of nitrogens with one attached hydrogen (secondary N) is 1. The highest BCUT2D eigenvalue weighted by Crippen LogP contribution is 2.20. The Morgan fingerprint density at radius 1 is 1.50 bits per heavy atom. The molecule has 16 heavy (non-hydrogen) atoms. The summed E-state index contributed by atoms with van der Waals surface area (Å²) in [7, 11) is 0. The van der Waals surface area contributed by atoms with Crippen LogP contribution in [0.2, 0.25) is 0 Å². The van der Waals surface area contributed by atoms with Crippen molar-refractivity contribution in [2.45, 2.75) is 57.4 Å². The maximum atomic E-state index is 11.6. The number of rotatable bonds is 6. The largest absolute Gasteiger partial charge is 0.375 e. The van der Waals surface area contributed by atoms with E-state index in [2.05, 4.69) is 5.32 Å². The van der Waals surface area contributed by atoms with Gasteiger partial charge in [-0.25, -0.2) is 0 Å². The van der Waals surface area contributed by atoms with Crippen molar-refractivity contribution in [1.29, 1.82) is 0 Å². The highest BCUT2D eigenvalue weighted by molar-refractivity contribution is 8.00. The topological polar surface area (TPSA) is 38.3 Å². The van der Waals surface area contributed by atoms with E-state index in [-0.39, 0.29) is 16.8 Å². The van der Waals surface area contributed by atoms with Crippen LogP contribution in [0.4, 0.5) is 0 Å². The molecule has 1 aliphatic rings. The SMILES string of the molecule is C[C@@H](SCCOC(C)(C)C)C(=O)NC1CC1. The Balaban J connectivity index is 2.04. The summed E-state index contributed by atoms with van der Waals surface area (Å²) in [4.78, 5) is 11.6. The Labute approximate surface area is 103 Å². The smallest absolute Gasteiger partial charge is 0.233 e. The predicted molar refractivity (Wildman–Crippen MR) is 68.8 cm³/mol. The third-order valence-corrected chi connectivity index (χ3v) is 3.40. The summed E-state index contributed by atoms with van der Waals surface area (Å²) in [6, 6.07) is 0.460. The molecule has 4 heteroatoms. The van der Waals surface area contributed by atoms with Crippen LogP contribution in [0.15, 0.2) is 0 Å². The van der Waals surface area contributed by atoms with Crippen molar-refractivity contribution in [3.63, 3.8) is 0 Å². The van der Waals surface area contributed by atoms with Gasteiger partial charge in [-0.3, -0.25) is 4.79 Å². The molecule has 1 N–H and O–H groups in total. The number of thioether (sulfide) groups is 1. The molecule has 1 fully saturated rings. The Kier molecular flexibility index (Phi) is 5.12. The van der Waals surface area contributed by atoms with Gasteiger partial charge < -0.3 is 10.1 Å². The molecule has 1 amide bonds. The molecule has 0 spiro atoms. The summed E-state index contributed by atoms with van der Waals surface area (Å²) in [6.07, 6.45) is 2.30. The van der Waals surface area contributed by atoms with Crippen LogP contribution in [0.5, 0.6) is 0 Å². The van der Waals surface area contributed by atoms with Crippen LogP contribution in [-0.2, 0) is 9.53 Å². The summed E-state index contributed by atoms with van der Waals surface area (Å²) >= 11 is 1.66. The van der Waals surface area contributed by atoms with Gasteiger partial charge in [0.15, 0.2) is 0 Å². The normalized spacial score (nSPS) is 18.2. The zero-order chi connectivity index (χ0) is 12.2. The molecule has 3 nitrogen and oxygen atoms in total. The Hall–Kier alpha value is -0.220. The monoisotopic (exact) mass is 245 g/mol. The van der Waals surface area contributed by atoms with E-state index in [1.165, 1.54) is 0 Å². The lowest BCUT2D eigenvalue weighted by atomic mass is 10.2. The first kappa shape index (κ1) is 13.8. The number of carbonyl (C=O) groups excluding carboxylic acids is 1. The Bertz CT molecular complexity index is 234. The minimum Gasteiger partial charge on any atom is -0.375 e. The van der Waals surface area contributed by atoms with Gasteiger partial charge in [0.2, 0.25) is 5.91 Å².